The molecule has 88 valence electrons. The molecule has 1 rings (SSSR count). The van der Waals surface area contributed by atoms with Gasteiger partial charge in [-0.05, 0) is 37.5 Å². The summed E-state index contributed by atoms with van der Waals surface area (Å²) in [5.74, 6) is -0.0250. The molecular formula is C12H15ClO3. The van der Waals surface area contributed by atoms with Crippen LogP contribution in [0.4, 0.5) is 0 Å². The normalized spacial score (nSPS) is 10.2. The lowest BCUT2D eigenvalue weighted by Gasteiger charge is -2.09. The highest BCUT2D eigenvalue weighted by atomic mass is 35.5. The van der Waals surface area contributed by atoms with Crippen molar-refractivity contribution in [3.05, 3.63) is 28.3 Å². The molecular weight excluding hydrogens is 228 g/mol. The van der Waals surface area contributed by atoms with Crippen LogP contribution in [0.1, 0.15) is 24.0 Å². The minimum Gasteiger partial charge on any atom is -0.496 e. The topological polar surface area (TPSA) is 46.5 Å². The zero-order valence-electron chi connectivity index (χ0n) is 9.42. The second kappa shape index (κ2) is 5.75. The lowest BCUT2D eigenvalue weighted by Crippen LogP contribution is -1.97. The molecule has 0 aliphatic heterocycles. The number of methoxy groups -OCH3 is 1. The summed E-state index contributed by atoms with van der Waals surface area (Å²) >= 11 is 6.04. The number of carboxylic acids is 1. The van der Waals surface area contributed by atoms with Crippen LogP contribution in [0.3, 0.4) is 0 Å². The van der Waals surface area contributed by atoms with Gasteiger partial charge in [-0.25, -0.2) is 0 Å². The first kappa shape index (κ1) is 12.8. The lowest BCUT2D eigenvalue weighted by atomic mass is 10.1. The second-order valence-corrected chi connectivity index (χ2v) is 4.06. The molecule has 0 aliphatic carbocycles. The molecule has 3 nitrogen and oxygen atoms in total. The van der Waals surface area contributed by atoms with Crippen molar-refractivity contribution in [3.8, 4) is 5.75 Å². The van der Waals surface area contributed by atoms with Gasteiger partial charge in [-0.15, -0.1) is 0 Å². The van der Waals surface area contributed by atoms with Crippen molar-refractivity contribution in [2.75, 3.05) is 7.11 Å². The first-order valence-electron chi connectivity index (χ1n) is 5.09. The Bertz CT molecular complexity index is 388. The Morgan fingerprint density at radius 3 is 2.75 bits per heavy atom. The van der Waals surface area contributed by atoms with Crippen molar-refractivity contribution in [2.45, 2.75) is 26.2 Å². The van der Waals surface area contributed by atoms with E-state index in [2.05, 4.69) is 0 Å². The van der Waals surface area contributed by atoms with Crippen molar-refractivity contribution in [1.29, 1.82) is 0 Å². The van der Waals surface area contributed by atoms with E-state index in [0.29, 0.717) is 17.9 Å². The van der Waals surface area contributed by atoms with E-state index >= 15 is 0 Å². The number of halogens is 1. The predicted molar refractivity (Wildman–Crippen MR) is 63.3 cm³/mol. The summed E-state index contributed by atoms with van der Waals surface area (Å²) in [5.41, 5.74) is 1.92. The molecule has 4 heteroatoms. The summed E-state index contributed by atoms with van der Waals surface area (Å²) in [5, 5.41) is 9.20. The van der Waals surface area contributed by atoms with E-state index < -0.39 is 5.97 Å². The van der Waals surface area contributed by atoms with Gasteiger partial charge in [0.1, 0.15) is 5.75 Å². The zero-order chi connectivity index (χ0) is 12.1. The maximum atomic E-state index is 10.4. The van der Waals surface area contributed by atoms with Crippen molar-refractivity contribution >= 4 is 17.6 Å². The van der Waals surface area contributed by atoms with Crippen molar-refractivity contribution in [3.63, 3.8) is 0 Å². The number of hydrogen-bond donors (Lipinski definition) is 1. The SMILES string of the molecule is COc1cc(CCCC(=O)O)cc(Cl)c1C. The number of carbonyl (C=O) groups is 1. The number of hydrogen-bond acceptors (Lipinski definition) is 2. The fourth-order valence-corrected chi connectivity index (χ4v) is 1.74. The highest BCUT2D eigenvalue weighted by molar-refractivity contribution is 6.31. The molecule has 1 N–H and O–H groups in total. The molecule has 0 heterocycles. The van der Waals surface area contributed by atoms with Crippen LogP contribution in [0.2, 0.25) is 5.02 Å². The molecule has 1 aromatic rings. The third-order valence-electron chi connectivity index (χ3n) is 2.43. The number of aryl methyl sites for hydroxylation is 1. The highest BCUT2D eigenvalue weighted by Gasteiger charge is 2.06. The summed E-state index contributed by atoms with van der Waals surface area (Å²) < 4.78 is 5.19. The standard InChI is InChI=1S/C12H15ClO3/c1-8-10(13)6-9(7-11(8)16-2)4-3-5-12(14)15/h6-7H,3-5H2,1-2H3,(H,14,15). The van der Waals surface area contributed by atoms with E-state index in [1.54, 1.807) is 7.11 Å². The van der Waals surface area contributed by atoms with E-state index in [4.69, 9.17) is 21.4 Å². The summed E-state index contributed by atoms with van der Waals surface area (Å²) in [6.07, 6.45) is 1.48. The highest BCUT2D eigenvalue weighted by Crippen LogP contribution is 2.28. The number of aliphatic carboxylic acids is 1. The molecule has 16 heavy (non-hydrogen) atoms. The summed E-state index contributed by atoms with van der Waals surface area (Å²) in [4.78, 5) is 10.4. The molecule has 0 saturated carbocycles. The van der Waals surface area contributed by atoms with Gasteiger partial charge in [-0.2, -0.15) is 0 Å². The summed E-state index contributed by atoms with van der Waals surface area (Å²) in [7, 11) is 1.60. The first-order chi connectivity index (χ1) is 7.54. The van der Waals surface area contributed by atoms with E-state index in [1.165, 1.54) is 0 Å². The second-order valence-electron chi connectivity index (χ2n) is 3.65. The molecule has 0 fully saturated rings. The average Bonchev–Trinajstić information content (AvgIpc) is 2.22. The first-order valence-corrected chi connectivity index (χ1v) is 5.47. The molecule has 0 spiro atoms. The van der Waals surface area contributed by atoms with Crippen LogP contribution in [0.15, 0.2) is 12.1 Å². The number of rotatable bonds is 5. The van der Waals surface area contributed by atoms with Crippen LogP contribution in [0, 0.1) is 6.92 Å². The minimum absolute atomic E-state index is 0.174. The van der Waals surface area contributed by atoms with Crippen LogP contribution in [0.5, 0.6) is 5.75 Å². The average molecular weight is 243 g/mol. The van der Waals surface area contributed by atoms with Gasteiger partial charge in [0, 0.05) is 17.0 Å². The third-order valence-corrected chi connectivity index (χ3v) is 2.83. The Labute approximate surface area is 100.0 Å². The quantitative estimate of drug-likeness (QED) is 0.863. The van der Waals surface area contributed by atoms with Gasteiger partial charge >= 0.3 is 5.97 Å². The minimum atomic E-state index is -0.773. The third kappa shape index (κ3) is 3.42. The predicted octanol–water partition coefficient (Wildman–Crippen LogP) is 3.06. The smallest absolute Gasteiger partial charge is 0.303 e. The largest absolute Gasteiger partial charge is 0.496 e. The van der Waals surface area contributed by atoms with Gasteiger partial charge in [-0.1, -0.05) is 11.6 Å². The molecule has 0 saturated heterocycles. The van der Waals surface area contributed by atoms with Crippen molar-refractivity contribution < 1.29 is 14.6 Å². The van der Waals surface area contributed by atoms with Crippen LogP contribution in [-0.4, -0.2) is 18.2 Å². The Kier molecular flexibility index (Phi) is 4.62. The fourth-order valence-electron chi connectivity index (χ4n) is 1.51. The monoisotopic (exact) mass is 242 g/mol. The van der Waals surface area contributed by atoms with Gasteiger partial charge in [-0.3, -0.25) is 4.79 Å². The molecule has 0 aliphatic rings. The van der Waals surface area contributed by atoms with Gasteiger partial charge in [0.15, 0.2) is 0 Å². The number of benzene rings is 1. The van der Waals surface area contributed by atoms with Crippen LogP contribution < -0.4 is 4.74 Å². The van der Waals surface area contributed by atoms with E-state index in [-0.39, 0.29) is 6.42 Å². The number of ether oxygens (including phenoxy) is 1. The van der Waals surface area contributed by atoms with Gasteiger partial charge in [0.2, 0.25) is 0 Å². The lowest BCUT2D eigenvalue weighted by molar-refractivity contribution is -0.137. The summed E-state index contributed by atoms with van der Waals surface area (Å²) in [6, 6.07) is 3.77. The number of carboxylic acid groups (broad SMARTS) is 1. The fraction of sp³-hybridized carbons (Fsp3) is 0.417. The van der Waals surface area contributed by atoms with Crippen LogP contribution >= 0.6 is 11.6 Å². The van der Waals surface area contributed by atoms with Crippen LogP contribution in [-0.2, 0) is 11.2 Å². The van der Waals surface area contributed by atoms with Gasteiger partial charge in [0.05, 0.1) is 7.11 Å². The molecule has 0 radical (unpaired) electrons. The molecule has 0 unspecified atom stereocenters. The van der Waals surface area contributed by atoms with Crippen molar-refractivity contribution in [2.24, 2.45) is 0 Å². The Hall–Kier alpha value is -1.22. The maximum Gasteiger partial charge on any atom is 0.303 e. The zero-order valence-corrected chi connectivity index (χ0v) is 10.2. The molecule has 1 aromatic carbocycles. The summed E-state index contributed by atoms with van der Waals surface area (Å²) in [6.45, 7) is 1.89. The van der Waals surface area contributed by atoms with Crippen molar-refractivity contribution in [1.82, 2.24) is 0 Å². The molecule has 0 amide bonds. The van der Waals surface area contributed by atoms with E-state index in [1.807, 2.05) is 19.1 Å². The van der Waals surface area contributed by atoms with E-state index in [9.17, 15) is 4.79 Å². The maximum absolute atomic E-state index is 10.4. The van der Waals surface area contributed by atoms with Crippen LogP contribution in [0.25, 0.3) is 0 Å². The molecule has 0 bridgehead atoms. The Balaban J connectivity index is 2.74. The van der Waals surface area contributed by atoms with E-state index in [0.717, 1.165) is 16.9 Å². The van der Waals surface area contributed by atoms with Gasteiger partial charge in [0.25, 0.3) is 0 Å². The Morgan fingerprint density at radius 1 is 1.50 bits per heavy atom. The molecule has 0 atom stereocenters. The molecule has 0 aromatic heterocycles. The Morgan fingerprint density at radius 2 is 2.19 bits per heavy atom. The van der Waals surface area contributed by atoms with Gasteiger partial charge < -0.3 is 9.84 Å².